The molecule has 90 valence electrons. The highest BCUT2D eigenvalue weighted by molar-refractivity contribution is 5.95. The maximum atomic E-state index is 11.4. The maximum absolute atomic E-state index is 11.4. The van der Waals surface area contributed by atoms with Crippen molar-refractivity contribution in [1.29, 1.82) is 0 Å². The van der Waals surface area contributed by atoms with Crippen LogP contribution in [0.5, 0.6) is 5.75 Å². The summed E-state index contributed by atoms with van der Waals surface area (Å²) in [5, 5.41) is 6.19. The van der Waals surface area contributed by atoms with Crippen molar-refractivity contribution >= 4 is 11.6 Å². The van der Waals surface area contributed by atoms with Gasteiger partial charge in [-0.15, -0.1) is 0 Å². The molecular formula is C13H16N2O2. The minimum absolute atomic E-state index is 0.0816. The third kappa shape index (κ3) is 2.13. The Kier molecular flexibility index (Phi) is 2.73. The quantitative estimate of drug-likeness (QED) is 0.808. The van der Waals surface area contributed by atoms with Gasteiger partial charge in [-0.1, -0.05) is 12.1 Å². The van der Waals surface area contributed by atoms with Gasteiger partial charge < -0.3 is 15.4 Å². The number of ether oxygens (including phenoxy) is 1. The SMILES string of the molecule is O=C1CCc2cccc(OC3CCNC3)c2N1. The summed E-state index contributed by atoms with van der Waals surface area (Å²) < 4.78 is 5.94. The van der Waals surface area contributed by atoms with E-state index in [2.05, 4.69) is 16.7 Å². The normalized spacial score (nSPS) is 23.1. The zero-order chi connectivity index (χ0) is 11.7. The molecule has 1 fully saturated rings. The van der Waals surface area contributed by atoms with E-state index in [9.17, 15) is 4.79 Å². The molecule has 4 heteroatoms. The van der Waals surface area contributed by atoms with Crippen molar-refractivity contribution in [2.45, 2.75) is 25.4 Å². The highest BCUT2D eigenvalue weighted by Gasteiger charge is 2.22. The van der Waals surface area contributed by atoms with E-state index in [-0.39, 0.29) is 12.0 Å². The number of nitrogens with one attached hydrogen (secondary N) is 2. The summed E-state index contributed by atoms with van der Waals surface area (Å²) in [6.07, 6.45) is 2.63. The third-order valence-electron chi connectivity index (χ3n) is 3.31. The standard InChI is InChI=1S/C13H16N2O2/c16-12-5-4-9-2-1-3-11(13(9)15-12)17-10-6-7-14-8-10/h1-3,10,14H,4-8H2,(H,15,16). The van der Waals surface area contributed by atoms with Crippen molar-refractivity contribution in [3.63, 3.8) is 0 Å². The number of fused-ring (bicyclic) bond motifs is 1. The van der Waals surface area contributed by atoms with E-state index in [0.717, 1.165) is 37.4 Å². The Bertz CT molecular complexity index is 439. The fraction of sp³-hybridized carbons (Fsp3) is 0.462. The number of para-hydroxylation sites is 1. The van der Waals surface area contributed by atoms with E-state index in [1.165, 1.54) is 5.56 Å². The minimum atomic E-state index is 0.0816. The Morgan fingerprint density at radius 2 is 2.24 bits per heavy atom. The Labute approximate surface area is 100 Å². The molecule has 4 nitrogen and oxygen atoms in total. The van der Waals surface area contributed by atoms with Gasteiger partial charge >= 0.3 is 0 Å². The first-order chi connectivity index (χ1) is 8.33. The van der Waals surface area contributed by atoms with E-state index in [4.69, 9.17) is 4.74 Å². The number of carbonyl (C=O) groups excluding carboxylic acids is 1. The van der Waals surface area contributed by atoms with Gasteiger partial charge in [0.05, 0.1) is 5.69 Å². The van der Waals surface area contributed by atoms with Gasteiger partial charge in [0.1, 0.15) is 11.9 Å². The lowest BCUT2D eigenvalue weighted by molar-refractivity contribution is -0.116. The van der Waals surface area contributed by atoms with Gasteiger partial charge in [-0.3, -0.25) is 4.79 Å². The lowest BCUT2D eigenvalue weighted by atomic mass is 10.0. The van der Waals surface area contributed by atoms with Crippen LogP contribution in [0.1, 0.15) is 18.4 Å². The Balaban J connectivity index is 1.85. The van der Waals surface area contributed by atoms with Gasteiger partial charge in [0.2, 0.25) is 5.91 Å². The van der Waals surface area contributed by atoms with Crippen molar-refractivity contribution in [3.05, 3.63) is 23.8 Å². The molecule has 1 aromatic carbocycles. The van der Waals surface area contributed by atoms with Gasteiger partial charge in [0.15, 0.2) is 0 Å². The van der Waals surface area contributed by atoms with Gasteiger partial charge in [-0.05, 0) is 31.0 Å². The van der Waals surface area contributed by atoms with E-state index >= 15 is 0 Å². The topological polar surface area (TPSA) is 50.4 Å². The van der Waals surface area contributed by atoms with Gasteiger partial charge in [-0.2, -0.15) is 0 Å². The van der Waals surface area contributed by atoms with Crippen molar-refractivity contribution < 1.29 is 9.53 Å². The second kappa shape index (κ2) is 4.37. The third-order valence-corrected chi connectivity index (χ3v) is 3.31. The first-order valence-electron chi connectivity index (χ1n) is 6.12. The summed E-state index contributed by atoms with van der Waals surface area (Å²) in [5.74, 6) is 0.891. The number of aryl methyl sites for hydroxylation is 1. The first-order valence-corrected chi connectivity index (χ1v) is 6.12. The Morgan fingerprint density at radius 3 is 3.06 bits per heavy atom. The van der Waals surface area contributed by atoms with Crippen LogP contribution in [0.4, 0.5) is 5.69 Å². The zero-order valence-corrected chi connectivity index (χ0v) is 9.66. The summed E-state index contributed by atoms with van der Waals surface area (Å²) in [7, 11) is 0. The smallest absolute Gasteiger partial charge is 0.224 e. The molecule has 17 heavy (non-hydrogen) atoms. The lowest BCUT2D eigenvalue weighted by Gasteiger charge is -2.22. The van der Waals surface area contributed by atoms with Crippen LogP contribution in [0.3, 0.4) is 0 Å². The highest BCUT2D eigenvalue weighted by Crippen LogP contribution is 2.33. The lowest BCUT2D eigenvalue weighted by Crippen LogP contribution is -2.23. The number of benzene rings is 1. The molecule has 0 bridgehead atoms. The molecule has 1 atom stereocenters. The van der Waals surface area contributed by atoms with Crippen molar-refractivity contribution in [2.75, 3.05) is 18.4 Å². The summed E-state index contributed by atoms with van der Waals surface area (Å²) in [5.41, 5.74) is 2.05. The van der Waals surface area contributed by atoms with E-state index in [1.807, 2.05) is 12.1 Å². The molecule has 0 aliphatic carbocycles. The van der Waals surface area contributed by atoms with E-state index < -0.39 is 0 Å². The Morgan fingerprint density at radius 1 is 1.29 bits per heavy atom. The summed E-state index contributed by atoms with van der Waals surface area (Å²) in [6, 6.07) is 5.98. The molecule has 0 aromatic heterocycles. The zero-order valence-electron chi connectivity index (χ0n) is 9.66. The monoisotopic (exact) mass is 232 g/mol. The molecule has 0 radical (unpaired) electrons. The summed E-state index contributed by atoms with van der Waals surface area (Å²) in [4.78, 5) is 11.4. The number of rotatable bonds is 2. The van der Waals surface area contributed by atoms with Gasteiger partial charge in [-0.25, -0.2) is 0 Å². The molecule has 1 aromatic rings. The largest absolute Gasteiger partial charge is 0.487 e. The molecule has 2 N–H and O–H groups in total. The van der Waals surface area contributed by atoms with Crippen LogP contribution in [-0.2, 0) is 11.2 Å². The van der Waals surface area contributed by atoms with Crippen LogP contribution in [-0.4, -0.2) is 25.1 Å². The summed E-state index contributed by atoms with van der Waals surface area (Å²) in [6.45, 7) is 1.89. The molecule has 3 rings (SSSR count). The molecule has 1 unspecified atom stereocenters. The molecule has 0 saturated carbocycles. The molecule has 2 aliphatic rings. The molecule has 1 amide bonds. The molecule has 2 aliphatic heterocycles. The maximum Gasteiger partial charge on any atom is 0.224 e. The van der Waals surface area contributed by atoms with E-state index in [0.29, 0.717) is 6.42 Å². The fourth-order valence-electron chi connectivity index (χ4n) is 2.38. The van der Waals surface area contributed by atoms with Crippen LogP contribution in [0.2, 0.25) is 0 Å². The van der Waals surface area contributed by atoms with Crippen LogP contribution in [0, 0.1) is 0 Å². The number of anilines is 1. The highest BCUT2D eigenvalue weighted by atomic mass is 16.5. The molecule has 0 spiro atoms. The predicted molar refractivity (Wildman–Crippen MR) is 65.3 cm³/mol. The predicted octanol–water partition coefficient (Wildman–Crippen LogP) is 1.31. The number of hydrogen-bond donors (Lipinski definition) is 2. The first kappa shape index (κ1) is 10.6. The van der Waals surface area contributed by atoms with Crippen LogP contribution < -0.4 is 15.4 Å². The number of amides is 1. The molecule has 1 saturated heterocycles. The summed E-state index contributed by atoms with van der Waals surface area (Å²) >= 11 is 0. The van der Waals surface area contributed by atoms with Crippen molar-refractivity contribution in [3.8, 4) is 5.75 Å². The van der Waals surface area contributed by atoms with Crippen LogP contribution in [0.25, 0.3) is 0 Å². The molecule has 2 heterocycles. The second-order valence-corrected chi connectivity index (χ2v) is 4.57. The van der Waals surface area contributed by atoms with Crippen LogP contribution in [0.15, 0.2) is 18.2 Å². The number of carbonyl (C=O) groups is 1. The average Bonchev–Trinajstić information content (AvgIpc) is 2.83. The fourth-order valence-corrected chi connectivity index (χ4v) is 2.38. The van der Waals surface area contributed by atoms with Crippen molar-refractivity contribution in [2.24, 2.45) is 0 Å². The van der Waals surface area contributed by atoms with Crippen molar-refractivity contribution in [1.82, 2.24) is 5.32 Å². The Hall–Kier alpha value is -1.55. The van der Waals surface area contributed by atoms with Gasteiger partial charge in [0.25, 0.3) is 0 Å². The van der Waals surface area contributed by atoms with Crippen LogP contribution >= 0.6 is 0 Å². The number of hydrogen-bond acceptors (Lipinski definition) is 3. The van der Waals surface area contributed by atoms with E-state index in [1.54, 1.807) is 0 Å². The van der Waals surface area contributed by atoms with Gasteiger partial charge in [0, 0.05) is 13.0 Å². The minimum Gasteiger partial charge on any atom is -0.487 e. The second-order valence-electron chi connectivity index (χ2n) is 4.57. The average molecular weight is 232 g/mol. The molecular weight excluding hydrogens is 216 g/mol.